The summed E-state index contributed by atoms with van der Waals surface area (Å²) in [7, 11) is 0. The summed E-state index contributed by atoms with van der Waals surface area (Å²) >= 11 is 6.32. The molecule has 1 aromatic heterocycles. The molecular formula is C16H17ClN2O. The highest BCUT2D eigenvalue weighted by Crippen LogP contribution is 2.36. The van der Waals surface area contributed by atoms with E-state index >= 15 is 0 Å². The third kappa shape index (κ3) is 2.39. The molecule has 1 aromatic carbocycles. The summed E-state index contributed by atoms with van der Waals surface area (Å²) in [6.45, 7) is 2.99. The van der Waals surface area contributed by atoms with Crippen LogP contribution in [0.5, 0.6) is 0 Å². The van der Waals surface area contributed by atoms with Gasteiger partial charge in [0.25, 0.3) is 0 Å². The molecule has 0 fully saturated rings. The Kier molecular flexibility index (Phi) is 3.64. The highest BCUT2D eigenvalue weighted by atomic mass is 35.5. The maximum atomic E-state index is 9.14. The Morgan fingerprint density at radius 1 is 1.35 bits per heavy atom. The van der Waals surface area contributed by atoms with Crippen molar-refractivity contribution in [1.29, 1.82) is 0 Å². The van der Waals surface area contributed by atoms with E-state index in [2.05, 4.69) is 35.0 Å². The summed E-state index contributed by atoms with van der Waals surface area (Å²) < 4.78 is 0. The van der Waals surface area contributed by atoms with E-state index in [0.717, 1.165) is 30.8 Å². The van der Waals surface area contributed by atoms with Crippen LogP contribution in [-0.4, -0.2) is 16.6 Å². The van der Waals surface area contributed by atoms with E-state index in [0.29, 0.717) is 5.02 Å². The van der Waals surface area contributed by atoms with Gasteiger partial charge in [-0.15, -0.1) is 0 Å². The van der Waals surface area contributed by atoms with Crippen LogP contribution in [0.1, 0.15) is 23.1 Å². The number of anilines is 2. The fourth-order valence-electron chi connectivity index (χ4n) is 2.70. The molecule has 0 spiro atoms. The number of aliphatic hydroxyl groups excluding tert-OH is 1. The van der Waals surface area contributed by atoms with E-state index in [1.165, 1.54) is 16.8 Å². The van der Waals surface area contributed by atoms with Crippen molar-refractivity contribution in [1.82, 2.24) is 4.98 Å². The number of aliphatic hydroxyl groups is 1. The van der Waals surface area contributed by atoms with E-state index in [1.54, 1.807) is 12.3 Å². The van der Waals surface area contributed by atoms with Gasteiger partial charge in [-0.3, -0.25) is 0 Å². The molecule has 3 rings (SSSR count). The average molecular weight is 289 g/mol. The highest BCUT2D eigenvalue weighted by Gasteiger charge is 2.21. The molecule has 0 bridgehead atoms. The standard InChI is InChI=1S/C16H17ClN2O/c1-11-4-5-15-13(7-11)3-2-6-19(15)16-14(17)8-12(10-20)9-18-16/h4-5,7-9,20H,2-3,6,10H2,1H3. The van der Waals surface area contributed by atoms with Gasteiger partial charge in [-0.1, -0.05) is 29.3 Å². The van der Waals surface area contributed by atoms with Crippen LogP contribution in [0.3, 0.4) is 0 Å². The Morgan fingerprint density at radius 3 is 2.95 bits per heavy atom. The minimum absolute atomic E-state index is 0.0389. The van der Waals surface area contributed by atoms with Gasteiger partial charge in [0.1, 0.15) is 0 Å². The van der Waals surface area contributed by atoms with Gasteiger partial charge >= 0.3 is 0 Å². The highest BCUT2D eigenvalue weighted by molar-refractivity contribution is 6.33. The van der Waals surface area contributed by atoms with Crippen LogP contribution >= 0.6 is 11.6 Å². The maximum absolute atomic E-state index is 9.14. The third-order valence-corrected chi connectivity index (χ3v) is 3.95. The quantitative estimate of drug-likeness (QED) is 0.917. The molecule has 4 heteroatoms. The smallest absolute Gasteiger partial charge is 0.151 e. The second-order valence-corrected chi connectivity index (χ2v) is 5.60. The molecule has 0 aliphatic carbocycles. The van der Waals surface area contributed by atoms with Gasteiger partial charge in [-0.2, -0.15) is 0 Å². The van der Waals surface area contributed by atoms with Crippen molar-refractivity contribution in [3.05, 3.63) is 52.2 Å². The zero-order chi connectivity index (χ0) is 14.1. The molecule has 0 amide bonds. The molecule has 20 heavy (non-hydrogen) atoms. The summed E-state index contributed by atoms with van der Waals surface area (Å²) in [6, 6.07) is 8.28. The minimum atomic E-state index is -0.0389. The molecule has 1 N–H and O–H groups in total. The van der Waals surface area contributed by atoms with Gasteiger partial charge in [0, 0.05) is 18.4 Å². The summed E-state index contributed by atoms with van der Waals surface area (Å²) in [5.74, 6) is 0.772. The number of aryl methyl sites for hydroxylation is 2. The predicted molar refractivity (Wildman–Crippen MR) is 81.7 cm³/mol. The minimum Gasteiger partial charge on any atom is -0.392 e. The Hall–Kier alpha value is -1.58. The molecule has 1 aliphatic rings. The van der Waals surface area contributed by atoms with Crippen molar-refractivity contribution < 1.29 is 5.11 Å². The molecule has 2 heterocycles. The van der Waals surface area contributed by atoms with Crippen molar-refractivity contribution >= 4 is 23.1 Å². The number of rotatable bonds is 2. The van der Waals surface area contributed by atoms with Crippen LogP contribution in [0.25, 0.3) is 0 Å². The van der Waals surface area contributed by atoms with E-state index in [-0.39, 0.29) is 6.61 Å². The number of pyridine rings is 1. The lowest BCUT2D eigenvalue weighted by Gasteiger charge is -2.31. The first kappa shape index (κ1) is 13.4. The van der Waals surface area contributed by atoms with Gasteiger partial charge in [0.05, 0.1) is 11.6 Å². The van der Waals surface area contributed by atoms with Crippen molar-refractivity contribution in [3.63, 3.8) is 0 Å². The van der Waals surface area contributed by atoms with Crippen LogP contribution in [0.4, 0.5) is 11.5 Å². The van der Waals surface area contributed by atoms with Crippen LogP contribution in [0.15, 0.2) is 30.5 Å². The number of fused-ring (bicyclic) bond motifs is 1. The predicted octanol–water partition coefficient (Wildman–Crippen LogP) is 3.62. The zero-order valence-corrected chi connectivity index (χ0v) is 12.2. The fourth-order valence-corrected chi connectivity index (χ4v) is 2.99. The number of halogens is 1. The maximum Gasteiger partial charge on any atom is 0.151 e. The van der Waals surface area contributed by atoms with E-state index in [4.69, 9.17) is 16.7 Å². The summed E-state index contributed by atoms with van der Waals surface area (Å²) in [5.41, 5.74) is 4.55. The topological polar surface area (TPSA) is 36.4 Å². The summed E-state index contributed by atoms with van der Waals surface area (Å²) in [6.07, 6.45) is 3.87. The van der Waals surface area contributed by atoms with E-state index < -0.39 is 0 Å². The summed E-state index contributed by atoms with van der Waals surface area (Å²) in [4.78, 5) is 6.60. The van der Waals surface area contributed by atoms with Crippen molar-refractivity contribution in [2.45, 2.75) is 26.4 Å². The lowest BCUT2D eigenvalue weighted by Crippen LogP contribution is -2.25. The number of aromatic nitrogens is 1. The molecule has 0 radical (unpaired) electrons. The normalized spacial score (nSPS) is 14.2. The molecule has 0 unspecified atom stereocenters. The Balaban J connectivity index is 2.04. The average Bonchev–Trinajstić information content (AvgIpc) is 2.46. The number of benzene rings is 1. The van der Waals surface area contributed by atoms with Crippen LogP contribution in [0.2, 0.25) is 5.02 Å². The zero-order valence-electron chi connectivity index (χ0n) is 11.4. The van der Waals surface area contributed by atoms with Gasteiger partial charge in [-0.05, 0) is 43.0 Å². The van der Waals surface area contributed by atoms with Crippen LogP contribution < -0.4 is 4.90 Å². The van der Waals surface area contributed by atoms with E-state index in [9.17, 15) is 0 Å². The Morgan fingerprint density at radius 2 is 2.20 bits per heavy atom. The van der Waals surface area contributed by atoms with Gasteiger partial charge in [0.2, 0.25) is 0 Å². The van der Waals surface area contributed by atoms with Crippen molar-refractivity contribution in [3.8, 4) is 0 Å². The molecule has 0 saturated heterocycles. The largest absolute Gasteiger partial charge is 0.392 e. The molecule has 0 saturated carbocycles. The third-order valence-electron chi connectivity index (χ3n) is 3.67. The van der Waals surface area contributed by atoms with Gasteiger partial charge in [0.15, 0.2) is 5.82 Å². The number of nitrogens with zero attached hydrogens (tertiary/aromatic N) is 2. The number of hydrogen-bond acceptors (Lipinski definition) is 3. The van der Waals surface area contributed by atoms with Gasteiger partial charge in [-0.25, -0.2) is 4.98 Å². The van der Waals surface area contributed by atoms with Gasteiger partial charge < -0.3 is 10.0 Å². The summed E-state index contributed by atoms with van der Waals surface area (Å²) in [5, 5.41) is 9.73. The molecule has 0 atom stereocenters. The molecule has 3 nitrogen and oxygen atoms in total. The van der Waals surface area contributed by atoms with E-state index in [1.807, 2.05) is 0 Å². The first-order valence-corrected chi connectivity index (χ1v) is 7.19. The lowest BCUT2D eigenvalue weighted by molar-refractivity contribution is 0.281. The molecule has 2 aromatic rings. The van der Waals surface area contributed by atoms with Crippen LogP contribution in [-0.2, 0) is 13.0 Å². The second-order valence-electron chi connectivity index (χ2n) is 5.19. The second kappa shape index (κ2) is 5.43. The number of hydrogen-bond donors (Lipinski definition) is 1. The van der Waals surface area contributed by atoms with Crippen molar-refractivity contribution in [2.75, 3.05) is 11.4 Å². The first-order valence-electron chi connectivity index (χ1n) is 6.81. The Bertz CT molecular complexity index is 642. The monoisotopic (exact) mass is 288 g/mol. The van der Waals surface area contributed by atoms with Crippen LogP contribution in [0, 0.1) is 6.92 Å². The molecular weight excluding hydrogens is 272 g/mol. The Labute approximate surface area is 123 Å². The molecule has 1 aliphatic heterocycles. The fraction of sp³-hybridized carbons (Fsp3) is 0.312. The van der Waals surface area contributed by atoms with Crippen molar-refractivity contribution in [2.24, 2.45) is 0 Å². The molecule has 104 valence electrons. The SMILES string of the molecule is Cc1ccc2c(c1)CCCN2c1ncc(CO)cc1Cl. The lowest BCUT2D eigenvalue weighted by atomic mass is 9.99. The first-order chi connectivity index (χ1) is 9.69.